The molecular weight excluding hydrogens is 1400 g/mol. The number of aliphatic hydroxyl groups is 4. The Balaban J connectivity index is 0.000000376. The quantitative estimate of drug-likeness (QED) is 0.0160. The molecule has 2 aromatic rings. The van der Waals surface area contributed by atoms with Gasteiger partial charge in [-0.05, 0) is 136 Å². The molecule has 4 saturated heterocycles. The normalized spacial score (nSPS) is 32.5. The molecule has 0 amide bonds. The number of benzene rings is 2. The average molecular weight is 1530 g/mol. The lowest BCUT2D eigenvalue weighted by molar-refractivity contribution is -0.319. The fourth-order valence-electron chi connectivity index (χ4n) is 14.3. The number of fused-ring (bicyclic) bond motifs is 2. The number of likely N-dealkylation sites (N-methyl/N-ethyl adjacent to an activating group) is 2. The van der Waals surface area contributed by atoms with Crippen LogP contribution in [-0.4, -0.2) is 240 Å². The molecule has 28 heteroatoms. The van der Waals surface area contributed by atoms with Gasteiger partial charge in [0.2, 0.25) is 0 Å². The van der Waals surface area contributed by atoms with E-state index < -0.39 is 136 Å². The third kappa shape index (κ3) is 28.4. The summed E-state index contributed by atoms with van der Waals surface area (Å²) < 4.78 is 76.6. The number of ether oxygens (including phenoxy) is 7. The number of cyclic esters (lactones) is 1. The maximum atomic E-state index is 14.2. The Kier molecular flexibility index (Phi) is 38.9. The van der Waals surface area contributed by atoms with Crippen LogP contribution in [0.2, 0.25) is 0 Å². The summed E-state index contributed by atoms with van der Waals surface area (Å²) in [5, 5.41) is 62.2. The van der Waals surface area contributed by atoms with Gasteiger partial charge in [0.15, 0.2) is 18.7 Å². The van der Waals surface area contributed by atoms with Gasteiger partial charge in [0, 0.05) is 96.8 Å². The number of rotatable bonds is 25. The molecule has 4 fully saturated rings. The van der Waals surface area contributed by atoms with Crippen molar-refractivity contribution in [3.8, 4) is 0 Å². The summed E-state index contributed by atoms with van der Waals surface area (Å²) >= 11 is 3.79. The van der Waals surface area contributed by atoms with Gasteiger partial charge in [0.25, 0.3) is 0 Å². The third-order valence-electron chi connectivity index (χ3n) is 20.6. The second-order valence-electron chi connectivity index (χ2n) is 29.4. The molecule has 0 radical (unpaired) electrons. The van der Waals surface area contributed by atoms with Gasteiger partial charge >= 0.3 is 34.3 Å². The van der Waals surface area contributed by atoms with Crippen molar-refractivity contribution in [3.63, 3.8) is 0 Å². The van der Waals surface area contributed by atoms with E-state index in [9.17, 15) is 52.8 Å². The lowest BCUT2D eigenvalue weighted by Gasteiger charge is -2.49. The van der Waals surface area contributed by atoms with Gasteiger partial charge in [-0.1, -0.05) is 129 Å². The number of Topliss-reactive ketones (excluding diaryl/α,β-unsaturated/α-hetero) is 1. The first-order chi connectivity index (χ1) is 48.8. The van der Waals surface area contributed by atoms with Gasteiger partial charge < -0.3 is 73.6 Å². The number of ketones is 1. The third-order valence-corrected chi connectivity index (χ3v) is 23.0. The second-order valence-corrected chi connectivity index (χ2v) is 32.5. The van der Waals surface area contributed by atoms with E-state index >= 15 is 0 Å². The van der Waals surface area contributed by atoms with Crippen molar-refractivity contribution in [1.29, 1.82) is 0 Å². The fourth-order valence-corrected chi connectivity index (χ4v) is 16.2. The number of methoxy groups -OCH3 is 1. The summed E-state index contributed by atoms with van der Waals surface area (Å²) in [5.74, 6) is -8.10. The fraction of sp³-hybridized carbons (Fsp3) is 0.750. The van der Waals surface area contributed by atoms with Gasteiger partial charge in [-0.2, -0.15) is 8.42 Å². The van der Waals surface area contributed by atoms with Crippen LogP contribution in [0.25, 0.3) is 0 Å². The number of carboxylic acids is 2. The van der Waals surface area contributed by atoms with E-state index in [1.165, 1.54) is 112 Å². The number of carboxylic acid groups (broad SMARTS) is 2. The number of aliphatic carboxylic acids is 2. The van der Waals surface area contributed by atoms with Crippen molar-refractivity contribution in [2.24, 2.45) is 23.7 Å². The molecule has 19 unspecified atom stereocenters. The zero-order valence-corrected chi connectivity index (χ0v) is 67.1. The number of hydrogen-bond acceptors (Lipinski definition) is 24. The van der Waals surface area contributed by atoms with E-state index in [0.29, 0.717) is 31.0 Å². The highest BCUT2D eigenvalue weighted by Crippen LogP contribution is 2.45. The molecule has 7 N–H and O–H groups in total. The molecule has 2 aromatic carbocycles. The molecule has 5 heterocycles. The number of unbranched alkanes of at least 4 members (excludes halogenated alkanes) is 9. The van der Waals surface area contributed by atoms with E-state index in [0.717, 1.165) is 32.4 Å². The first-order valence-electron chi connectivity index (χ1n) is 37.0. The summed E-state index contributed by atoms with van der Waals surface area (Å²) in [7, 11) is 3.20. The lowest BCUT2D eigenvalue weighted by atomic mass is 9.74. The molecule has 0 spiro atoms. The van der Waals surface area contributed by atoms with Crippen molar-refractivity contribution < 1.29 is 105 Å². The molecule has 5 aliphatic heterocycles. The van der Waals surface area contributed by atoms with Crippen LogP contribution < -0.4 is 0 Å². The molecule has 7 rings (SSSR count). The second kappa shape index (κ2) is 43.9. The Hall–Kier alpha value is -4.18. The highest BCUT2D eigenvalue weighted by Gasteiger charge is 2.54. The first-order valence-corrected chi connectivity index (χ1v) is 40.4. The number of piperazine rings is 1. The van der Waals surface area contributed by atoms with Gasteiger partial charge in [-0.3, -0.25) is 23.8 Å². The summed E-state index contributed by atoms with van der Waals surface area (Å²) in [5.41, 5.74) is -1.91. The van der Waals surface area contributed by atoms with Crippen LogP contribution in [0.3, 0.4) is 0 Å². The largest absolute Gasteiger partial charge is 0.478 e. The highest BCUT2D eigenvalue weighted by atomic mass is 32.3. The first kappa shape index (κ1) is 92.2. The topological polar surface area (TPSA) is 345 Å². The highest BCUT2D eigenvalue weighted by molar-refractivity contribution is 7.99. The van der Waals surface area contributed by atoms with E-state index in [1.54, 1.807) is 48.5 Å². The number of carbonyl (C=O) groups excluding carboxylic acids is 3. The molecule has 594 valence electrons. The number of esters is 2. The van der Waals surface area contributed by atoms with Gasteiger partial charge in [0.1, 0.15) is 23.6 Å². The summed E-state index contributed by atoms with van der Waals surface area (Å²) in [6, 6.07) is 16.1. The molecule has 0 aliphatic carbocycles. The molecule has 19 atom stereocenters. The van der Waals surface area contributed by atoms with Gasteiger partial charge in [-0.15, -0.1) is 11.8 Å². The average Bonchev–Trinajstić information content (AvgIpc) is 1.55. The Labute approximate surface area is 627 Å². The predicted molar refractivity (Wildman–Crippen MR) is 398 cm³/mol. The van der Waals surface area contributed by atoms with E-state index in [-0.39, 0.29) is 44.4 Å². The minimum atomic E-state index is -4.23. The molecule has 0 saturated carbocycles. The monoisotopic (exact) mass is 1530 g/mol. The predicted octanol–water partition coefficient (Wildman–Crippen LogP) is 10.6. The van der Waals surface area contributed by atoms with E-state index in [2.05, 4.69) is 76.7 Å². The zero-order valence-electron chi connectivity index (χ0n) is 64.6. The van der Waals surface area contributed by atoms with Crippen LogP contribution in [0.5, 0.6) is 0 Å². The molecule has 5 aliphatic rings. The minimum Gasteiger partial charge on any atom is -0.478 e. The molecule has 104 heavy (non-hydrogen) atoms. The van der Waals surface area contributed by atoms with Crippen molar-refractivity contribution in [2.45, 2.75) is 291 Å². The summed E-state index contributed by atoms with van der Waals surface area (Å²) in [6.45, 7) is 25.0. The van der Waals surface area contributed by atoms with Crippen molar-refractivity contribution in [3.05, 3.63) is 65.7 Å². The van der Waals surface area contributed by atoms with Gasteiger partial charge in [-0.25, -0.2) is 13.8 Å². The van der Waals surface area contributed by atoms with Crippen LogP contribution in [0.15, 0.2) is 69.3 Å². The number of aliphatic hydroxyl groups excluding tert-OH is 2. The maximum Gasteiger partial charge on any atom is 0.397 e. The van der Waals surface area contributed by atoms with Crippen LogP contribution in [0.4, 0.5) is 0 Å². The van der Waals surface area contributed by atoms with Crippen LogP contribution in [-0.2, 0) is 78.1 Å². The standard InChI is InChI=1S/C40H71NO14.C20H24N2S2.C12H26O4S.C4H4O4/c1-15-27-40(11,48)33(44)22(5)30(43)20(3)18-38(9,47)35(55-37-32(53-28(42)16-2)26(41(12)13)17-21(4)50-37)23(6)31(24(7)36(46)52-27)54-29-19-39(10,49-14)34(45)25(8)51-29;1-21-9-11-22(12-10-21)18-13-15-5-3-4-6-19(15)24-20-8-7-16(23-2)14-17(18)20;1-2-3-4-5-6-7-8-9-10-11-12-16-17(13,14)15;5-3(6)1-2-4(7)8/h20-27,29,31-35,37,44-45,47-48H,15-19H2,1-14H3;3-8,14,18H,9-13H2,1-2H3;2-12H2,1H3,(H,13,14,15);1-2H,(H,5,6)(H,7,8). The van der Waals surface area contributed by atoms with Crippen LogP contribution in [0, 0.1) is 23.7 Å². The van der Waals surface area contributed by atoms with E-state index in [1.807, 2.05) is 49.4 Å². The zero-order chi connectivity index (χ0) is 78.0. The summed E-state index contributed by atoms with van der Waals surface area (Å²) in [4.78, 5) is 71.4. The number of carbonyl (C=O) groups is 5. The molecular formula is C76H125N3O22S3. The Morgan fingerprint density at radius 1 is 0.779 bits per heavy atom. The van der Waals surface area contributed by atoms with Crippen molar-refractivity contribution in [1.82, 2.24) is 14.7 Å². The van der Waals surface area contributed by atoms with Crippen LogP contribution in [0.1, 0.15) is 197 Å². The van der Waals surface area contributed by atoms with Crippen LogP contribution >= 0.6 is 23.5 Å². The summed E-state index contributed by atoms with van der Waals surface area (Å²) in [6.07, 6.45) is 6.58. The Morgan fingerprint density at radius 3 is 1.92 bits per heavy atom. The van der Waals surface area contributed by atoms with Crippen molar-refractivity contribution in [2.75, 3.05) is 67.3 Å². The molecule has 25 nitrogen and oxygen atoms in total. The lowest BCUT2D eigenvalue weighted by Crippen LogP contribution is -2.61. The number of nitrogens with zero attached hydrogens (tertiary/aromatic N) is 3. The van der Waals surface area contributed by atoms with Gasteiger partial charge in [0.05, 0.1) is 60.3 Å². The number of thioether (sulfide) groups is 1. The van der Waals surface area contributed by atoms with Crippen molar-refractivity contribution >= 4 is 63.6 Å². The molecule has 0 bridgehead atoms. The van der Waals surface area contributed by atoms with E-state index in [4.69, 9.17) is 47.9 Å². The minimum absolute atomic E-state index is 0.0760. The number of hydrogen-bond donors (Lipinski definition) is 7. The smallest absolute Gasteiger partial charge is 0.397 e. The Bertz CT molecular complexity index is 3100. The SMILES string of the molecule is CCC(=O)OC1C(OC2C(C)C(OC3CC(C)(OC)C(O)C(C)O3)C(C)C(=O)OC(CC)C(C)(O)C(O)C(C)C(=O)C(C)CC2(C)O)OC(C)CC1N(C)C.CCCCCCCCCCCCOS(=O)(=O)O.CSc1ccc2c(c1)C(N1CCN(C)CC1)Cc1ccccc1S2.O=C(O)C=CC(=O)O. The Morgan fingerprint density at radius 2 is 1.38 bits per heavy atom. The molecule has 0 aromatic heterocycles. The maximum absolute atomic E-state index is 14.2.